The van der Waals surface area contributed by atoms with Crippen molar-refractivity contribution in [2.75, 3.05) is 7.11 Å². The van der Waals surface area contributed by atoms with Gasteiger partial charge in [-0.25, -0.2) is 5.10 Å². The number of ether oxygens (including phenoxy) is 1. The third-order valence-electron chi connectivity index (χ3n) is 2.61. The van der Waals surface area contributed by atoms with Crippen LogP contribution < -0.4 is 5.56 Å². The van der Waals surface area contributed by atoms with E-state index in [9.17, 15) is 9.59 Å². The van der Waals surface area contributed by atoms with Crippen molar-refractivity contribution in [1.29, 1.82) is 0 Å². The number of carbonyl (C=O) groups excluding carboxylic acids is 1. The topological polar surface area (TPSA) is 72.0 Å². The average Bonchev–Trinajstić information content (AvgIpc) is 2.59. The molecule has 0 saturated carbocycles. The second kappa shape index (κ2) is 4.29. The number of fused-ring (bicyclic) bond motifs is 1. The Bertz CT molecular complexity index is 642. The largest absolute Gasteiger partial charge is 0.469 e. The van der Waals surface area contributed by atoms with E-state index in [2.05, 4.69) is 14.9 Å². The summed E-state index contributed by atoms with van der Waals surface area (Å²) in [5.74, 6) is -0.367. The van der Waals surface area contributed by atoms with Crippen LogP contribution >= 0.6 is 11.3 Å². The highest BCUT2D eigenvalue weighted by atomic mass is 32.1. The maximum Gasteiger partial charge on any atom is 0.311 e. The predicted molar refractivity (Wildman–Crippen MR) is 65.4 cm³/mol. The van der Waals surface area contributed by atoms with Gasteiger partial charge in [-0.2, -0.15) is 5.10 Å². The van der Waals surface area contributed by atoms with Gasteiger partial charge >= 0.3 is 5.97 Å². The van der Waals surface area contributed by atoms with Gasteiger partial charge in [-0.3, -0.25) is 9.59 Å². The summed E-state index contributed by atoms with van der Waals surface area (Å²) in [6.07, 6.45) is 0.0702. The summed E-state index contributed by atoms with van der Waals surface area (Å²) in [6.45, 7) is 3.80. The molecule has 0 aliphatic carbocycles. The van der Waals surface area contributed by atoms with E-state index in [0.717, 1.165) is 15.1 Å². The zero-order chi connectivity index (χ0) is 12.6. The molecule has 0 atom stereocenters. The number of esters is 1. The lowest BCUT2D eigenvalue weighted by Gasteiger charge is -2.01. The summed E-state index contributed by atoms with van der Waals surface area (Å²) in [5.41, 5.74) is 0.351. The molecule has 0 bridgehead atoms. The molecule has 0 aromatic carbocycles. The highest BCUT2D eigenvalue weighted by Crippen LogP contribution is 2.29. The van der Waals surface area contributed by atoms with E-state index in [0.29, 0.717) is 11.1 Å². The van der Waals surface area contributed by atoms with Crippen molar-refractivity contribution in [3.8, 4) is 0 Å². The van der Waals surface area contributed by atoms with Crippen LogP contribution in [0.3, 0.4) is 0 Å². The molecule has 2 rings (SSSR count). The number of hydrogen-bond donors (Lipinski definition) is 1. The van der Waals surface area contributed by atoms with Crippen LogP contribution in [0.4, 0.5) is 0 Å². The smallest absolute Gasteiger partial charge is 0.311 e. The zero-order valence-corrected chi connectivity index (χ0v) is 10.6. The van der Waals surface area contributed by atoms with E-state index in [1.54, 1.807) is 0 Å². The first-order valence-corrected chi connectivity index (χ1v) is 5.90. The van der Waals surface area contributed by atoms with Crippen LogP contribution in [0.5, 0.6) is 0 Å². The molecule has 0 fully saturated rings. The van der Waals surface area contributed by atoms with Crippen molar-refractivity contribution in [2.45, 2.75) is 20.3 Å². The SMILES string of the molecule is COC(=O)Cc1n[nH]c(=O)c2c(C)sc(C)c12. The highest BCUT2D eigenvalue weighted by molar-refractivity contribution is 7.13. The van der Waals surface area contributed by atoms with E-state index >= 15 is 0 Å². The molecular weight excluding hydrogens is 240 g/mol. The van der Waals surface area contributed by atoms with Gasteiger partial charge in [-0.15, -0.1) is 11.3 Å². The van der Waals surface area contributed by atoms with Crippen molar-refractivity contribution >= 4 is 28.1 Å². The van der Waals surface area contributed by atoms with Gasteiger partial charge in [0.1, 0.15) is 0 Å². The summed E-state index contributed by atoms with van der Waals surface area (Å²) in [5, 5.41) is 7.76. The molecule has 6 heteroatoms. The number of nitrogens with one attached hydrogen (secondary N) is 1. The number of aryl methyl sites for hydroxylation is 2. The molecule has 0 unspecified atom stereocenters. The zero-order valence-electron chi connectivity index (χ0n) is 9.79. The molecule has 17 heavy (non-hydrogen) atoms. The minimum Gasteiger partial charge on any atom is -0.469 e. The standard InChI is InChI=1S/C11H12N2O3S/c1-5-9-7(4-8(14)16-3)12-13-11(15)10(9)6(2)17-5/h4H2,1-3H3,(H,13,15). The Kier molecular flexibility index (Phi) is 2.97. The molecule has 90 valence electrons. The van der Waals surface area contributed by atoms with E-state index < -0.39 is 0 Å². The van der Waals surface area contributed by atoms with Crippen molar-refractivity contribution < 1.29 is 9.53 Å². The highest BCUT2D eigenvalue weighted by Gasteiger charge is 2.16. The summed E-state index contributed by atoms with van der Waals surface area (Å²) >= 11 is 1.53. The van der Waals surface area contributed by atoms with Gasteiger partial charge in [-0.1, -0.05) is 0 Å². The lowest BCUT2D eigenvalue weighted by atomic mass is 10.1. The lowest BCUT2D eigenvalue weighted by Crippen LogP contribution is -2.14. The van der Waals surface area contributed by atoms with E-state index in [1.165, 1.54) is 18.4 Å². The van der Waals surface area contributed by atoms with Crippen LogP contribution in [0.2, 0.25) is 0 Å². The normalized spacial score (nSPS) is 10.8. The number of thiophene rings is 1. The fourth-order valence-corrected chi connectivity index (χ4v) is 2.95. The number of methoxy groups -OCH3 is 1. The number of rotatable bonds is 2. The Morgan fingerprint density at radius 1 is 1.35 bits per heavy atom. The first-order chi connectivity index (χ1) is 8.04. The first kappa shape index (κ1) is 11.8. The second-order valence-electron chi connectivity index (χ2n) is 3.72. The quantitative estimate of drug-likeness (QED) is 0.818. The monoisotopic (exact) mass is 252 g/mol. The Morgan fingerprint density at radius 3 is 2.65 bits per heavy atom. The Labute approximate surface area is 101 Å². The molecular formula is C11H12N2O3S. The van der Waals surface area contributed by atoms with E-state index in [-0.39, 0.29) is 17.9 Å². The second-order valence-corrected chi connectivity index (χ2v) is 5.15. The molecule has 0 radical (unpaired) electrons. The van der Waals surface area contributed by atoms with Crippen molar-refractivity contribution in [3.63, 3.8) is 0 Å². The Morgan fingerprint density at radius 2 is 2.00 bits per heavy atom. The molecule has 2 aromatic heterocycles. The third kappa shape index (κ3) is 1.95. The number of hydrogen-bond acceptors (Lipinski definition) is 5. The fourth-order valence-electron chi connectivity index (χ4n) is 1.87. The van der Waals surface area contributed by atoms with Crippen molar-refractivity contribution in [2.24, 2.45) is 0 Å². The Balaban J connectivity index is 2.69. The maximum absolute atomic E-state index is 11.7. The summed E-state index contributed by atoms with van der Waals surface area (Å²) in [6, 6.07) is 0. The van der Waals surface area contributed by atoms with Gasteiger partial charge in [0.25, 0.3) is 5.56 Å². The summed E-state index contributed by atoms with van der Waals surface area (Å²) < 4.78 is 4.61. The third-order valence-corrected chi connectivity index (χ3v) is 3.63. The van der Waals surface area contributed by atoms with Crippen LogP contribution in [-0.4, -0.2) is 23.3 Å². The van der Waals surface area contributed by atoms with Gasteiger partial charge < -0.3 is 4.74 Å². The maximum atomic E-state index is 11.7. The summed E-state index contributed by atoms with van der Waals surface area (Å²) in [4.78, 5) is 24.9. The van der Waals surface area contributed by atoms with Gasteiger partial charge in [0, 0.05) is 15.1 Å². The van der Waals surface area contributed by atoms with E-state index in [1.807, 2.05) is 13.8 Å². The predicted octanol–water partition coefficient (Wildman–Crippen LogP) is 1.32. The molecule has 2 heterocycles. The first-order valence-electron chi connectivity index (χ1n) is 5.08. The number of H-pyrrole nitrogens is 1. The molecule has 0 saturated heterocycles. The van der Waals surface area contributed by atoms with Crippen LogP contribution in [0.1, 0.15) is 15.4 Å². The van der Waals surface area contributed by atoms with Crippen LogP contribution in [0.25, 0.3) is 10.8 Å². The fraction of sp³-hybridized carbons (Fsp3) is 0.364. The molecule has 0 spiro atoms. The molecule has 5 nitrogen and oxygen atoms in total. The van der Waals surface area contributed by atoms with Crippen molar-refractivity contribution in [3.05, 3.63) is 25.8 Å². The molecule has 2 aromatic rings. The number of aromatic nitrogens is 2. The lowest BCUT2D eigenvalue weighted by molar-refractivity contribution is -0.139. The van der Waals surface area contributed by atoms with Gasteiger partial charge in [0.15, 0.2) is 0 Å². The Hall–Kier alpha value is -1.69. The minimum absolute atomic E-state index is 0.0702. The minimum atomic E-state index is -0.367. The molecule has 1 N–H and O–H groups in total. The van der Waals surface area contributed by atoms with Crippen LogP contribution in [0, 0.1) is 13.8 Å². The van der Waals surface area contributed by atoms with Gasteiger partial charge in [-0.05, 0) is 13.8 Å². The molecule has 0 aliphatic heterocycles. The van der Waals surface area contributed by atoms with Crippen molar-refractivity contribution in [1.82, 2.24) is 10.2 Å². The molecule has 0 amide bonds. The van der Waals surface area contributed by atoms with E-state index in [4.69, 9.17) is 0 Å². The summed E-state index contributed by atoms with van der Waals surface area (Å²) in [7, 11) is 1.33. The number of carbonyl (C=O) groups is 1. The number of aromatic amines is 1. The van der Waals surface area contributed by atoms with Gasteiger partial charge in [0.2, 0.25) is 0 Å². The van der Waals surface area contributed by atoms with Crippen LogP contribution in [-0.2, 0) is 16.0 Å². The average molecular weight is 252 g/mol. The van der Waals surface area contributed by atoms with Crippen LogP contribution in [0.15, 0.2) is 4.79 Å². The molecule has 0 aliphatic rings. The number of nitrogens with zero attached hydrogens (tertiary/aromatic N) is 1. The van der Waals surface area contributed by atoms with Gasteiger partial charge in [0.05, 0.1) is 24.6 Å².